The molecule has 2 saturated heterocycles. The van der Waals surface area contributed by atoms with Crippen LogP contribution >= 0.6 is 0 Å². The van der Waals surface area contributed by atoms with Crippen LogP contribution in [0.15, 0.2) is 4.99 Å². The Balaban J connectivity index is 1.93. The lowest BCUT2D eigenvalue weighted by atomic mass is 10.0. The van der Waals surface area contributed by atoms with Crippen molar-refractivity contribution in [1.29, 1.82) is 0 Å². The minimum Gasteiger partial charge on any atom is -0.379 e. The van der Waals surface area contributed by atoms with Crippen LogP contribution in [0.5, 0.6) is 0 Å². The number of ether oxygens (including phenoxy) is 2. The predicted octanol–water partition coefficient (Wildman–Crippen LogP) is 1.40. The van der Waals surface area contributed by atoms with Crippen LogP contribution in [0.3, 0.4) is 0 Å². The average molecular weight is 398 g/mol. The van der Waals surface area contributed by atoms with Crippen LogP contribution in [0.2, 0.25) is 0 Å². The van der Waals surface area contributed by atoms with Gasteiger partial charge in [-0.1, -0.05) is 13.8 Å². The summed E-state index contributed by atoms with van der Waals surface area (Å²) in [5.74, 6) is 1.60. The zero-order valence-electron chi connectivity index (χ0n) is 18.8. The molecule has 7 heteroatoms. The Morgan fingerprint density at radius 3 is 2.18 bits per heavy atom. The van der Waals surface area contributed by atoms with E-state index in [1.807, 2.05) is 0 Å². The summed E-state index contributed by atoms with van der Waals surface area (Å²) < 4.78 is 11.0. The van der Waals surface area contributed by atoms with Gasteiger partial charge in [-0.3, -0.25) is 14.8 Å². The second-order valence-electron chi connectivity index (χ2n) is 8.92. The first-order valence-corrected chi connectivity index (χ1v) is 11.1. The summed E-state index contributed by atoms with van der Waals surface area (Å²) in [5.41, 5.74) is 0.0354. The van der Waals surface area contributed by atoms with Crippen LogP contribution in [0.4, 0.5) is 0 Å². The van der Waals surface area contributed by atoms with Gasteiger partial charge in [-0.05, 0) is 33.1 Å². The van der Waals surface area contributed by atoms with Crippen molar-refractivity contribution in [1.82, 2.24) is 20.4 Å². The van der Waals surface area contributed by atoms with E-state index in [9.17, 15) is 0 Å². The van der Waals surface area contributed by atoms with E-state index in [-0.39, 0.29) is 5.54 Å². The van der Waals surface area contributed by atoms with Crippen LogP contribution in [-0.2, 0) is 9.47 Å². The molecule has 0 aromatic heterocycles. The van der Waals surface area contributed by atoms with Gasteiger partial charge >= 0.3 is 0 Å². The van der Waals surface area contributed by atoms with Gasteiger partial charge in [-0.15, -0.1) is 0 Å². The number of rotatable bonds is 9. The molecule has 7 nitrogen and oxygen atoms in total. The van der Waals surface area contributed by atoms with Gasteiger partial charge in [0.1, 0.15) is 0 Å². The van der Waals surface area contributed by atoms with Gasteiger partial charge in [0.25, 0.3) is 0 Å². The Bertz CT molecular complexity index is 458. The second-order valence-corrected chi connectivity index (χ2v) is 8.92. The Kier molecular flexibility index (Phi) is 9.99. The molecule has 1 atom stereocenters. The van der Waals surface area contributed by atoms with Gasteiger partial charge in [0.05, 0.1) is 33.0 Å². The summed E-state index contributed by atoms with van der Waals surface area (Å²) in [7, 11) is 0. The van der Waals surface area contributed by atoms with Gasteiger partial charge in [-0.25, -0.2) is 0 Å². The van der Waals surface area contributed by atoms with E-state index in [1.165, 1.54) is 6.42 Å². The van der Waals surface area contributed by atoms with Crippen LogP contribution in [0, 0.1) is 5.92 Å². The molecule has 0 saturated carbocycles. The molecule has 0 aliphatic carbocycles. The van der Waals surface area contributed by atoms with Crippen molar-refractivity contribution >= 4 is 5.96 Å². The van der Waals surface area contributed by atoms with E-state index in [1.54, 1.807) is 0 Å². The van der Waals surface area contributed by atoms with E-state index in [0.717, 1.165) is 78.2 Å². The van der Waals surface area contributed by atoms with Crippen LogP contribution in [0.25, 0.3) is 0 Å². The number of aliphatic imine (C=N–C) groups is 1. The first kappa shape index (κ1) is 23.4. The minimum atomic E-state index is 0.0354. The quantitative estimate of drug-likeness (QED) is 0.453. The zero-order chi connectivity index (χ0) is 20.4. The Hall–Kier alpha value is -0.890. The van der Waals surface area contributed by atoms with E-state index < -0.39 is 0 Å². The Labute approximate surface area is 172 Å². The monoisotopic (exact) mass is 397 g/mol. The predicted molar refractivity (Wildman–Crippen MR) is 116 cm³/mol. The maximum Gasteiger partial charge on any atom is 0.191 e. The van der Waals surface area contributed by atoms with E-state index in [0.29, 0.717) is 12.0 Å². The van der Waals surface area contributed by atoms with E-state index in [2.05, 4.69) is 55.1 Å². The van der Waals surface area contributed by atoms with Crippen LogP contribution in [-0.4, -0.2) is 99.6 Å². The number of nitrogens with one attached hydrogen (secondary N) is 2. The highest BCUT2D eigenvalue weighted by Crippen LogP contribution is 2.17. The number of nitrogens with zero attached hydrogens (tertiary/aromatic N) is 3. The van der Waals surface area contributed by atoms with Gasteiger partial charge in [0.15, 0.2) is 5.96 Å². The lowest BCUT2D eigenvalue weighted by Crippen LogP contribution is -2.53. The number of hydrogen-bond acceptors (Lipinski definition) is 5. The highest BCUT2D eigenvalue weighted by atomic mass is 16.5. The lowest BCUT2D eigenvalue weighted by Gasteiger charge is -2.40. The highest BCUT2D eigenvalue weighted by molar-refractivity contribution is 5.79. The molecule has 2 N–H and O–H groups in total. The molecule has 0 aromatic carbocycles. The molecular formula is C21H43N5O2. The summed E-state index contributed by atoms with van der Waals surface area (Å²) >= 11 is 0. The molecule has 0 amide bonds. The third kappa shape index (κ3) is 7.85. The van der Waals surface area contributed by atoms with Crippen molar-refractivity contribution in [2.75, 3.05) is 72.2 Å². The Morgan fingerprint density at radius 2 is 1.61 bits per heavy atom. The molecule has 0 spiro atoms. The SMILES string of the molecule is CCNC(=NCC(C)(C)N1CCOCC1)NCC(CC(C)C)N1CCOCC1. The number of guanidine groups is 1. The van der Waals surface area contributed by atoms with Crippen molar-refractivity contribution in [3.8, 4) is 0 Å². The maximum absolute atomic E-state index is 5.54. The summed E-state index contributed by atoms with van der Waals surface area (Å²) in [4.78, 5) is 9.98. The van der Waals surface area contributed by atoms with Crippen molar-refractivity contribution in [2.24, 2.45) is 10.9 Å². The lowest BCUT2D eigenvalue weighted by molar-refractivity contribution is -0.00685. The van der Waals surface area contributed by atoms with Crippen LogP contribution < -0.4 is 10.6 Å². The van der Waals surface area contributed by atoms with Crippen molar-refractivity contribution < 1.29 is 9.47 Å². The molecule has 2 rings (SSSR count). The molecule has 2 aliphatic heterocycles. The molecule has 1 unspecified atom stereocenters. The molecular weight excluding hydrogens is 354 g/mol. The summed E-state index contributed by atoms with van der Waals surface area (Å²) in [6.45, 7) is 21.2. The molecule has 0 radical (unpaired) electrons. The standard InChI is InChI=1S/C21H43N5O2/c1-6-22-20(24-17-21(4,5)26-9-13-28-14-10-26)23-16-19(15-18(2)3)25-7-11-27-12-8-25/h18-19H,6-17H2,1-5H3,(H2,22,23,24). The van der Waals surface area contributed by atoms with Gasteiger partial charge in [-0.2, -0.15) is 0 Å². The minimum absolute atomic E-state index is 0.0354. The van der Waals surface area contributed by atoms with E-state index >= 15 is 0 Å². The van der Waals surface area contributed by atoms with Crippen molar-refractivity contribution in [3.05, 3.63) is 0 Å². The topological polar surface area (TPSA) is 61.4 Å². The highest BCUT2D eigenvalue weighted by Gasteiger charge is 2.28. The smallest absolute Gasteiger partial charge is 0.191 e. The van der Waals surface area contributed by atoms with E-state index in [4.69, 9.17) is 14.5 Å². The largest absolute Gasteiger partial charge is 0.379 e. The molecule has 28 heavy (non-hydrogen) atoms. The average Bonchev–Trinajstić information content (AvgIpc) is 2.70. The van der Waals surface area contributed by atoms with Gasteiger partial charge in [0.2, 0.25) is 0 Å². The van der Waals surface area contributed by atoms with Crippen LogP contribution in [0.1, 0.15) is 41.0 Å². The first-order chi connectivity index (χ1) is 13.4. The van der Waals surface area contributed by atoms with Gasteiger partial charge in [0, 0.05) is 50.8 Å². The summed E-state index contributed by atoms with van der Waals surface area (Å²) in [6.07, 6.45) is 1.19. The molecule has 2 heterocycles. The van der Waals surface area contributed by atoms with Gasteiger partial charge < -0.3 is 20.1 Å². The summed E-state index contributed by atoms with van der Waals surface area (Å²) in [6, 6.07) is 0.514. The fourth-order valence-corrected chi connectivity index (χ4v) is 3.95. The number of morpholine rings is 2. The molecule has 0 aromatic rings. The second kappa shape index (κ2) is 12.0. The molecule has 0 bridgehead atoms. The summed E-state index contributed by atoms with van der Waals surface area (Å²) in [5, 5.41) is 7.03. The Morgan fingerprint density at radius 1 is 1.00 bits per heavy atom. The van der Waals surface area contributed by atoms with Crippen molar-refractivity contribution in [3.63, 3.8) is 0 Å². The number of hydrogen-bond donors (Lipinski definition) is 2. The molecule has 2 fully saturated rings. The fraction of sp³-hybridized carbons (Fsp3) is 0.952. The van der Waals surface area contributed by atoms with Crippen molar-refractivity contribution in [2.45, 2.75) is 52.6 Å². The third-order valence-corrected chi connectivity index (χ3v) is 5.65. The zero-order valence-corrected chi connectivity index (χ0v) is 18.8. The molecule has 2 aliphatic rings. The normalized spacial score (nSPS) is 21.7. The third-order valence-electron chi connectivity index (χ3n) is 5.65. The molecule has 164 valence electrons. The first-order valence-electron chi connectivity index (χ1n) is 11.1. The maximum atomic E-state index is 5.54. The fourth-order valence-electron chi connectivity index (χ4n) is 3.95.